The summed E-state index contributed by atoms with van der Waals surface area (Å²) in [6.45, 7) is 0.492. The highest BCUT2D eigenvalue weighted by Gasteiger charge is 2.42. The summed E-state index contributed by atoms with van der Waals surface area (Å²) in [5.41, 5.74) is 0.667. The van der Waals surface area contributed by atoms with Gasteiger partial charge in [-0.25, -0.2) is 13.1 Å². The maximum absolute atomic E-state index is 12.5. The number of aliphatic hydroxyl groups excluding tert-OH is 1. The van der Waals surface area contributed by atoms with Crippen LogP contribution in [-0.4, -0.2) is 32.3 Å². The Hall–Kier alpha value is -0.470. The Labute approximate surface area is 132 Å². The van der Waals surface area contributed by atoms with E-state index >= 15 is 0 Å². The zero-order chi connectivity index (χ0) is 15.0. The summed E-state index contributed by atoms with van der Waals surface area (Å²) in [5, 5.41) is 9.09. The molecule has 1 saturated heterocycles. The number of halogens is 1. The SMILES string of the molecule is O=S(=O)(NC1CCOC1C1CC1)c1ccc(CO)cc1Br. The molecule has 0 spiro atoms. The number of ether oxygens (including phenoxy) is 1. The van der Waals surface area contributed by atoms with Gasteiger partial charge >= 0.3 is 0 Å². The van der Waals surface area contributed by atoms with E-state index in [0.717, 1.165) is 12.8 Å². The van der Waals surface area contributed by atoms with Crippen LogP contribution < -0.4 is 4.72 Å². The number of rotatable bonds is 5. The Morgan fingerprint density at radius 3 is 2.71 bits per heavy atom. The fourth-order valence-corrected chi connectivity index (χ4v) is 5.16. The summed E-state index contributed by atoms with van der Waals surface area (Å²) in [4.78, 5) is 0.196. The predicted molar refractivity (Wildman–Crippen MR) is 81.3 cm³/mol. The second-order valence-corrected chi connectivity index (χ2v) is 8.15. The number of benzene rings is 1. The van der Waals surface area contributed by atoms with E-state index in [9.17, 15) is 8.42 Å². The quantitative estimate of drug-likeness (QED) is 0.822. The maximum Gasteiger partial charge on any atom is 0.242 e. The van der Waals surface area contributed by atoms with Crippen LogP contribution in [0.25, 0.3) is 0 Å². The summed E-state index contributed by atoms with van der Waals surface area (Å²) in [7, 11) is -3.60. The maximum atomic E-state index is 12.5. The standard InChI is InChI=1S/C14H18BrNO4S/c15-11-7-9(8-17)1-4-13(11)21(18,19)16-12-5-6-20-14(12)10-2-3-10/h1,4,7,10,12,14,16-17H,2-3,5-6,8H2. The van der Waals surface area contributed by atoms with Crippen LogP contribution in [-0.2, 0) is 21.4 Å². The highest BCUT2D eigenvalue weighted by Crippen LogP contribution is 2.39. The number of hydrogen-bond donors (Lipinski definition) is 2. The molecule has 1 aliphatic heterocycles. The zero-order valence-electron chi connectivity index (χ0n) is 11.5. The first kappa shape index (κ1) is 15.4. The van der Waals surface area contributed by atoms with Crippen molar-refractivity contribution in [2.45, 2.75) is 42.9 Å². The van der Waals surface area contributed by atoms with Gasteiger partial charge in [-0.2, -0.15) is 0 Å². The van der Waals surface area contributed by atoms with Crippen molar-refractivity contribution in [1.29, 1.82) is 0 Å². The molecule has 2 aliphatic rings. The second kappa shape index (κ2) is 5.96. The molecule has 1 aromatic rings. The van der Waals surface area contributed by atoms with E-state index in [4.69, 9.17) is 9.84 Å². The Balaban J connectivity index is 1.80. The molecule has 1 aromatic carbocycles. The summed E-state index contributed by atoms with van der Waals surface area (Å²) in [5.74, 6) is 0.500. The molecule has 3 rings (SSSR count). The minimum atomic E-state index is -3.60. The minimum Gasteiger partial charge on any atom is -0.392 e. The average molecular weight is 376 g/mol. The van der Waals surface area contributed by atoms with Gasteiger partial charge in [-0.05, 0) is 58.8 Å². The Morgan fingerprint density at radius 1 is 1.33 bits per heavy atom. The Bertz CT molecular complexity index is 630. The van der Waals surface area contributed by atoms with Gasteiger partial charge in [0.15, 0.2) is 0 Å². The lowest BCUT2D eigenvalue weighted by Crippen LogP contribution is -2.41. The van der Waals surface area contributed by atoms with Crippen LogP contribution in [0.2, 0.25) is 0 Å². The van der Waals surface area contributed by atoms with Crippen LogP contribution in [0.1, 0.15) is 24.8 Å². The Morgan fingerprint density at radius 2 is 2.10 bits per heavy atom. The van der Waals surface area contributed by atoms with Gasteiger partial charge < -0.3 is 9.84 Å². The molecule has 7 heteroatoms. The molecule has 0 amide bonds. The molecule has 0 aromatic heterocycles. The van der Waals surface area contributed by atoms with Crippen molar-refractivity contribution >= 4 is 26.0 Å². The molecule has 5 nitrogen and oxygen atoms in total. The molecule has 0 bridgehead atoms. The van der Waals surface area contributed by atoms with Crippen molar-refractivity contribution in [3.8, 4) is 0 Å². The van der Waals surface area contributed by atoms with Crippen LogP contribution in [0.5, 0.6) is 0 Å². The van der Waals surface area contributed by atoms with Crippen LogP contribution in [0.3, 0.4) is 0 Å². The minimum absolute atomic E-state index is 0.00951. The number of sulfonamides is 1. The molecule has 2 N–H and O–H groups in total. The van der Waals surface area contributed by atoms with Crippen molar-refractivity contribution in [2.24, 2.45) is 5.92 Å². The van der Waals surface area contributed by atoms with Gasteiger partial charge in [0.25, 0.3) is 0 Å². The van der Waals surface area contributed by atoms with Gasteiger partial charge in [0.1, 0.15) is 0 Å². The van der Waals surface area contributed by atoms with E-state index in [1.54, 1.807) is 12.1 Å². The average Bonchev–Trinajstić information content (AvgIpc) is 3.19. The lowest BCUT2D eigenvalue weighted by atomic mass is 10.1. The van der Waals surface area contributed by atoms with Crippen molar-refractivity contribution in [2.75, 3.05) is 6.61 Å². The molecule has 116 valence electrons. The molecular formula is C14H18BrNO4S. The van der Waals surface area contributed by atoms with E-state index in [1.165, 1.54) is 6.07 Å². The van der Waals surface area contributed by atoms with Crippen molar-refractivity contribution in [3.63, 3.8) is 0 Å². The lowest BCUT2D eigenvalue weighted by Gasteiger charge is -2.20. The summed E-state index contributed by atoms with van der Waals surface area (Å²) >= 11 is 3.27. The smallest absolute Gasteiger partial charge is 0.242 e. The number of hydrogen-bond acceptors (Lipinski definition) is 4. The molecule has 21 heavy (non-hydrogen) atoms. The van der Waals surface area contributed by atoms with E-state index in [-0.39, 0.29) is 23.6 Å². The van der Waals surface area contributed by atoms with Gasteiger partial charge in [0.2, 0.25) is 10.0 Å². The third-order valence-corrected chi connectivity index (χ3v) is 6.46. The van der Waals surface area contributed by atoms with Gasteiger partial charge in [-0.15, -0.1) is 0 Å². The molecule has 0 radical (unpaired) electrons. The highest BCUT2D eigenvalue weighted by atomic mass is 79.9. The molecule has 1 saturated carbocycles. The number of nitrogens with one attached hydrogen (secondary N) is 1. The lowest BCUT2D eigenvalue weighted by molar-refractivity contribution is 0.0848. The van der Waals surface area contributed by atoms with Gasteiger partial charge in [-0.3, -0.25) is 0 Å². The summed E-state index contributed by atoms with van der Waals surface area (Å²) in [6, 6.07) is 4.60. The van der Waals surface area contributed by atoms with Crippen molar-refractivity contribution in [1.82, 2.24) is 4.72 Å². The molecule has 2 atom stereocenters. The first-order valence-corrected chi connectivity index (χ1v) is 9.32. The molecular weight excluding hydrogens is 358 g/mol. The van der Waals surface area contributed by atoms with E-state index in [0.29, 0.717) is 29.0 Å². The van der Waals surface area contributed by atoms with Crippen LogP contribution >= 0.6 is 15.9 Å². The number of aliphatic hydroxyl groups is 1. The highest BCUT2D eigenvalue weighted by molar-refractivity contribution is 9.10. The van der Waals surface area contributed by atoms with Crippen molar-refractivity contribution in [3.05, 3.63) is 28.2 Å². The monoisotopic (exact) mass is 375 g/mol. The van der Waals surface area contributed by atoms with Gasteiger partial charge in [0.05, 0.1) is 23.6 Å². The molecule has 2 unspecified atom stereocenters. The molecule has 1 aliphatic carbocycles. The summed E-state index contributed by atoms with van der Waals surface area (Å²) < 4.78 is 34.0. The predicted octanol–water partition coefficient (Wildman–Crippen LogP) is 1.79. The van der Waals surface area contributed by atoms with Crippen LogP contribution in [0.15, 0.2) is 27.6 Å². The van der Waals surface area contributed by atoms with Gasteiger partial charge in [-0.1, -0.05) is 6.07 Å². The largest absolute Gasteiger partial charge is 0.392 e. The topological polar surface area (TPSA) is 75.6 Å². The van der Waals surface area contributed by atoms with Crippen LogP contribution in [0.4, 0.5) is 0 Å². The van der Waals surface area contributed by atoms with Crippen LogP contribution in [0, 0.1) is 5.92 Å². The third kappa shape index (κ3) is 3.32. The van der Waals surface area contributed by atoms with Crippen molar-refractivity contribution < 1.29 is 18.3 Å². The molecule has 1 heterocycles. The first-order valence-electron chi connectivity index (χ1n) is 7.04. The third-order valence-electron chi connectivity index (χ3n) is 4.00. The van der Waals surface area contributed by atoms with Gasteiger partial charge in [0, 0.05) is 11.1 Å². The summed E-state index contributed by atoms with van der Waals surface area (Å²) in [6.07, 6.45) is 2.97. The second-order valence-electron chi connectivity index (χ2n) is 5.61. The fourth-order valence-electron chi connectivity index (χ4n) is 2.75. The molecule has 2 fully saturated rings. The van der Waals surface area contributed by atoms with E-state index in [1.807, 2.05) is 0 Å². The fraction of sp³-hybridized carbons (Fsp3) is 0.571. The van der Waals surface area contributed by atoms with E-state index in [2.05, 4.69) is 20.7 Å². The first-order chi connectivity index (χ1) is 10.0. The normalized spacial score (nSPS) is 26.2. The zero-order valence-corrected chi connectivity index (χ0v) is 13.9. The Kier molecular flexibility index (Phi) is 4.38. The van der Waals surface area contributed by atoms with E-state index < -0.39 is 10.0 Å².